The number of nitrogens with zero attached hydrogens (tertiary/aromatic N) is 2. The summed E-state index contributed by atoms with van der Waals surface area (Å²) in [5.74, 6) is 1.83. The van der Waals surface area contributed by atoms with Gasteiger partial charge in [0.05, 0.1) is 12.7 Å². The molecule has 0 saturated carbocycles. The maximum absolute atomic E-state index is 5.78. The zero-order valence-electron chi connectivity index (χ0n) is 12.6. The van der Waals surface area contributed by atoms with E-state index in [1.165, 1.54) is 0 Å². The molecule has 0 amide bonds. The molecular weight excluding hydrogens is 252 g/mol. The van der Waals surface area contributed by atoms with Gasteiger partial charge in [-0.1, -0.05) is 19.9 Å². The van der Waals surface area contributed by atoms with Gasteiger partial charge in [0.15, 0.2) is 0 Å². The molecule has 1 aromatic heterocycles. The minimum atomic E-state index is 0.248. The molecule has 0 spiro atoms. The number of anilines is 2. The van der Waals surface area contributed by atoms with Crippen molar-refractivity contribution < 1.29 is 4.74 Å². The molecule has 1 unspecified atom stereocenters. The van der Waals surface area contributed by atoms with Gasteiger partial charge in [0, 0.05) is 26.2 Å². The molecule has 2 N–H and O–H groups in total. The quantitative estimate of drug-likeness (QED) is 0.799. The Balaban J connectivity index is 1.81. The third kappa shape index (κ3) is 4.65. The number of ether oxygens (including phenoxy) is 1. The van der Waals surface area contributed by atoms with Gasteiger partial charge in [-0.2, -0.15) is 0 Å². The Labute approximate surface area is 121 Å². The summed E-state index contributed by atoms with van der Waals surface area (Å²) in [6.07, 6.45) is 1.35. The van der Waals surface area contributed by atoms with E-state index in [2.05, 4.69) is 34.4 Å². The van der Waals surface area contributed by atoms with E-state index in [0.29, 0.717) is 0 Å². The van der Waals surface area contributed by atoms with E-state index in [9.17, 15) is 0 Å². The summed E-state index contributed by atoms with van der Waals surface area (Å²) in [7, 11) is 0. The SMILES string of the molecule is CCCNc1cccc(NCC2CN(CC)CCO2)n1. The summed E-state index contributed by atoms with van der Waals surface area (Å²) >= 11 is 0. The zero-order valence-corrected chi connectivity index (χ0v) is 12.6. The summed E-state index contributed by atoms with van der Waals surface area (Å²) in [4.78, 5) is 6.96. The summed E-state index contributed by atoms with van der Waals surface area (Å²) in [6, 6.07) is 6.02. The molecule has 1 fully saturated rings. The van der Waals surface area contributed by atoms with Crippen molar-refractivity contribution in [3.8, 4) is 0 Å². The average molecular weight is 278 g/mol. The van der Waals surface area contributed by atoms with Crippen LogP contribution in [0.15, 0.2) is 18.2 Å². The van der Waals surface area contributed by atoms with Crippen LogP contribution in [0.25, 0.3) is 0 Å². The van der Waals surface area contributed by atoms with E-state index in [0.717, 1.165) is 57.4 Å². The van der Waals surface area contributed by atoms with Crippen molar-refractivity contribution in [3.05, 3.63) is 18.2 Å². The first-order valence-corrected chi connectivity index (χ1v) is 7.60. The number of nitrogens with one attached hydrogen (secondary N) is 2. The molecule has 5 heteroatoms. The second kappa shape index (κ2) is 8.07. The minimum Gasteiger partial charge on any atom is -0.374 e. The largest absolute Gasteiger partial charge is 0.374 e. The molecule has 1 aliphatic heterocycles. The summed E-state index contributed by atoms with van der Waals surface area (Å²) in [5, 5.41) is 6.67. The highest BCUT2D eigenvalue weighted by Gasteiger charge is 2.18. The molecule has 1 aliphatic rings. The molecule has 2 heterocycles. The van der Waals surface area contributed by atoms with Crippen LogP contribution >= 0.6 is 0 Å². The molecule has 1 atom stereocenters. The number of rotatable bonds is 7. The van der Waals surface area contributed by atoms with Crippen LogP contribution in [0.3, 0.4) is 0 Å². The second-order valence-electron chi connectivity index (χ2n) is 5.10. The lowest BCUT2D eigenvalue weighted by molar-refractivity contribution is -0.0192. The molecule has 2 rings (SSSR count). The van der Waals surface area contributed by atoms with Gasteiger partial charge in [0.2, 0.25) is 0 Å². The minimum absolute atomic E-state index is 0.248. The number of hydrogen-bond donors (Lipinski definition) is 2. The van der Waals surface area contributed by atoms with Crippen LogP contribution in [0.4, 0.5) is 11.6 Å². The van der Waals surface area contributed by atoms with Gasteiger partial charge >= 0.3 is 0 Å². The molecule has 1 aromatic rings. The molecule has 0 bridgehead atoms. The average Bonchev–Trinajstić information content (AvgIpc) is 2.51. The van der Waals surface area contributed by atoms with Crippen molar-refractivity contribution >= 4 is 11.6 Å². The van der Waals surface area contributed by atoms with Crippen molar-refractivity contribution in [2.75, 3.05) is 50.0 Å². The van der Waals surface area contributed by atoms with Gasteiger partial charge < -0.3 is 15.4 Å². The summed E-state index contributed by atoms with van der Waals surface area (Å²) < 4.78 is 5.78. The highest BCUT2D eigenvalue weighted by atomic mass is 16.5. The van der Waals surface area contributed by atoms with E-state index in [1.807, 2.05) is 18.2 Å². The number of likely N-dealkylation sites (N-methyl/N-ethyl adjacent to an activating group) is 1. The molecule has 112 valence electrons. The van der Waals surface area contributed by atoms with Gasteiger partial charge in [0.25, 0.3) is 0 Å². The smallest absolute Gasteiger partial charge is 0.128 e. The third-order valence-electron chi connectivity index (χ3n) is 3.49. The fourth-order valence-electron chi connectivity index (χ4n) is 2.29. The number of hydrogen-bond acceptors (Lipinski definition) is 5. The van der Waals surface area contributed by atoms with Crippen molar-refractivity contribution in [3.63, 3.8) is 0 Å². The van der Waals surface area contributed by atoms with Crippen LogP contribution in [0.5, 0.6) is 0 Å². The van der Waals surface area contributed by atoms with Crippen LogP contribution in [0, 0.1) is 0 Å². The first kappa shape index (κ1) is 15.1. The first-order valence-electron chi connectivity index (χ1n) is 7.60. The normalized spacial score (nSPS) is 19.8. The Kier molecular flexibility index (Phi) is 6.08. The standard InChI is InChI=1S/C15H26N4O/c1-3-8-16-14-6-5-7-15(18-14)17-11-13-12-19(4-2)9-10-20-13/h5-7,13H,3-4,8-12H2,1-2H3,(H2,16,17,18). The number of morpholine rings is 1. The zero-order chi connectivity index (χ0) is 14.2. The Hall–Kier alpha value is -1.33. The maximum atomic E-state index is 5.78. The molecule has 1 saturated heterocycles. The van der Waals surface area contributed by atoms with E-state index < -0.39 is 0 Å². The van der Waals surface area contributed by atoms with E-state index >= 15 is 0 Å². The molecular formula is C15H26N4O. The van der Waals surface area contributed by atoms with Crippen LogP contribution in [-0.2, 0) is 4.74 Å². The van der Waals surface area contributed by atoms with Gasteiger partial charge in [-0.15, -0.1) is 0 Å². The van der Waals surface area contributed by atoms with Crippen LogP contribution in [0.2, 0.25) is 0 Å². The second-order valence-corrected chi connectivity index (χ2v) is 5.10. The lowest BCUT2D eigenvalue weighted by Gasteiger charge is -2.32. The van der Waals surface area contributed by atoms with Crippen LogP contribution < -0.4 is 10.6 Å². The Bertz CT molecular complexity index is 399. The monoisotopic (exact) mass is 278 g/mol. The van der Waals surface area contributed by atoms with E-state index in [-0.39, 0.29) is 6.10 Å². The first-order chi connectivity index (χ1) is 9.81. The van der Waals surface area contributed by atoms with Crippen LogP contribution in [0.1, 0.15) is 20.3 Å². The highest BCUT2D eigenvalue weighted by Crippen LogP contribution is 2.11. The van der Waals surface area contributed by atoms with Crippen molar-refractivity contribution in [1.82, 2.24) is 9.88 Å². The number of pyridine rings is 1. The number of aromatic nitrogens is 1. The fraction of sp³-hybridized carbons (Fsp3) is 0.667. The molecule has 0 aromatic carbocycles. The van der Waals surface area contributed by atoms with Gasteiger partial charge in [0.1, 0.15) is 11.6 Å². The van der Waals surface area contributed by atoms with E-state index in [4.69, 9.17) is 4.74 Å². The lowest BCUT2D eigenvalue weighted by atomic mass is 10.2. The Morgan fingerprint density at radius 1 is 1.30 bits per heavy atom. The molecule has 0 radical (unpaired) electrons. The van der Waals surface area contributed by atoms with Crippen LogP contribution in [-0.4, -0.2) is 55.3 Å². The Morgan fingerprint density at radius 3 is 2.85 bits per heavy atom. The van der Waals surface area contributed by atoms with Gasteiger partial charge in [-0.3, -0.25) is 4.90 Å². The van der Waals surface area contributed by atoms with Gasteiger partial charge in [-0.25, -0.2) is 4.98 Å². The van der Waals surface area contributed by atoms with E-state index in [1.54, 1.807) is 0 Å². The highest BCUT2D eigenvalue weighted by molar-refractivity contribution is 5.45. The fourth-order valence-corrected chi connectivity index (χ4v) is 2.29. The third-order valence-corrected chi connectivity index (χ3v) is 3.49. The summed E-state index contributed by atoms with van der Waals surface area (Å²) in [5.41, 5.74) is 0. The molecule has 5 nitrogen and oxygen atoms in total. The topological polar surface area (TPSA) is 49.4 Å². The van der Waals surface area contributed by atoms with Crippen molar-refractivity contribution in [1.29, 1.82) is 0 Å². The molecule has 20 heavy (non-hydrogen) atoms. The molecule has 0 aliphatic carbocycles. The van der Waals surface area contributed by atoms with Crippen molar-refractivity contribution in [2.24, 2.45) is 0 Å². The predicted molar refractivity (Wildman–Crippen MR) is 83.4 cm³/mol. The summed E-state index contributed by atoms with van der Waals surface area (Å²) in [6.45, 7) is 10.1. The predicted octanol–water partition coefficient (Wildman–Crippen LogP) is 2.04. The maximum Gasteiger partial charge on any atom is 0.128 e. The van der Waals surface area contributed by atoms with Gasteiger partial charge in [-0.05, 0) is 25.1 Å². The lowest BCUT2D eigenvalue weighted by Crippen LogP contribution is -2.45. The Morgan fingerprint density at radius 2 is 2.10 bits per heavy atom. The van der Waals surface area contributed by atoms with Crippen molar-refractivity contribution in [2.45, 2.75) is 26.4 Å².